The lowest BCUT2D eigenvalue weighted by Crippen LogP contribution is -2.34. The maximum absolute atomic E-state index is 11.6. The number of anilines is 1. The second kappa shape index (κ2) is 7.42. The minimum atomic E-state index is -0.208. The first-order valence-corrected chi connectivity index (χ1v) is 6.61. The van der Waals surface area contributed by atoms with Gasteiger partial charge in [-0.05, 0) is 43.9 Å². The number of hydrogen-bond acceptors (Lipinski definition) is 2. The number of rotatable bonds is 5. The third kappa shape index (κ3) is 5.01. The van der Waals surface area contributed by atoms with E-state index >= 15 is 0 Å². The summed E-state index contributed by atoms with van der Waals surface area (Å²) in [7, 11) is 0. The van der Waals surface area contributed by atoms with E-state index in [0.717, 1.165) is 17.7 Å². The highest BCUT2D eigenvalue weighted by Gasteiger charge is 2.10. The minimum Gasteiger partial charge on any atom is -0.336 e. The summed E-state index contributed by atoms with van der Waals surface area (Å²) in [5.41, 5.74) is 1.85. The first kappa shape index (κ1) is 15.0. The van der Waals surface area contributed by atoms with Crippen LogP contribution in [0.3, 0.4) is 0 Å². The number of nitriles is 1. The molecule has 1 aromatic rings. The molecule has 1 atom stereocenters. The average molecular weight is 259 g/mol. The highest BCUT2D eigenvalue weighted by molar-refractivity contribution is 5.89. The number of nitrogens with zero attached hydrogens (tertiary/aromatic N) is 1. The fourth-order valence-electron chi connectivity index (χ4n) is 1.91. The molecule has 0 aliphatic rings. The quantitative estimate of drug-likeness (QED) is 0.848. The average Bonchev–Trinajstić information content (AvgIpc) is 2.35. The van der Waals surface area contributed by atoms with Gasteiger partial charge < -0.3 is 10.6 Å². The molecule has 1 unspecified atom stereocenters. The molecule has 102 valence electrons. The van der Waals surface area contributed by atoms with Gasteiger partial charge in [0.05, 0.1) is 6.07 Å². The van der Waals surface area contributed by atoms with Crippen LogP contribution in [-0.4, -0.2) is 12.1 Å². The molecule has 0 saturated carbocycles. The van der Waals surface area contributed by atoms with Crippen molar-refractivity contribution in [3.05, 3.63) is 29.8 Å². The van der Waals surface area contributed by atoms with E-state index in [-0.39, 0.29) is 18.0 Å². The Labute approximate surface area is 114 Å². The van der Waals surface area contributed by atoms with Gasteiger partial charge in [-0.3, -0.25) is 0 Å². The van der Waals surface area contributed by atoms with Crippen LogP contribution in [0.25, 0.3) is 0 Å². The molecule has 1 aromatic carbocycles. The van der Waals surface area contributed by atoms with E-state index in [2.05, 4.69) is 23.6 Å². The summed E-state index contributed by atoms with van der Waals surface area (Å²) in [5, 5.41) is 14.4. The summed E-state index contributed by atoms with van der Waals surface area (Å²) in [4.78, 5) is 11.6. The summed E-state index contributed by atoms with van der Waals surface area (Å²) >= 11 is 0. The Morgan fingerprint density at radius 2 is 2.16 bits per heavy atom. The highest BCUT2D eigenvalue weighted by atomic mass is 16.2. The molecular weight excluding hydrogens is 238 g/mol. The zero-order valence-electron chi connectivity index (χ0n) is 11.7. The lowest BCUT2D eigenvalue weighted by atomic mass is 9.93. The normalized spacial score (nSPS) is 11.7. The fraction of sp³-hybridized carbons (Fsp3) is 0.467. The summed E-state index contributed by atoms with van der Waals surface area (Å²) in [6.45, 7) is 5.89. The third-order valence-electron chi connectivity index (χ3n) is 2.87. The van der Waals surface area contributed by atoms with Gasteiger partial charge in [0.15, 0.2) is 0 Å². The van der Waals surface area contributed by atoms with E-state index in [1.165, 1.54) is 0 Å². The van der Waals surface area contributed by atoms with Crippen molar-refractivity contribution in [2.24, 2.45) is 0 Å². The van der Waals surface area contributed by atoms with Crippen LogP contribution in [0.5, 0.6) is 0 Å². The van der Waals surface area contributed by atoms with E-state index in [9.17, 15) is 4.79 Å². The Bertz CT molecular complexity index is 463. The molecule has 19 heavy (non-hydrogen) atoms. The predicted molar refractivity (Wildman–Crippen MR) is 77.0 cm³/mol. The van der Waals surface area contributed by atoms with Crippen molar-refractivity contribution in [2.75, 3.05) is 5.32 Å². The zero-order chi connectivity index (χ0) is 14.3. The number of hydrogen-bond donors (Lipinski definition) is 2. The van der Waals surface area contributed by atoms with Gasteiger partial charge in [-0.1, -0.05) is 19.1 Å². The standard InChI is InChI=1S/C15H21N3O/c1-4-12(8-9-16)13-6-5-7-14(10-13)18-15(19)17-11(2)3/h5-7,10-12H,4,8H2,1-3H3,(H2,17,18,19). The molecule has 0 aliphatic carbocycles. The van der Waals surface area contributed by atoms with Crippen LogP contribution in [0.15, 0.2) is 24.3 Å². The van der Waals surface area contributed by atoms with Crippen LogP contribution in [-0.2, 0) is 0 Å². The molecule has 0 saturated heterocycles. The van der Waals surface area contributed by atoms with Gasteiger partial charge in [-0.2, -0.15) is 5.26 Å². The van der Waals surface area contributed by atoms with E-state index in [0.29, 0.717) is 6.42 Å². The van der Waals surface area contributed by atoms with Gasteiger partial charge in [-0.25, -0.2) is 4.79 Å². The van der Waals surface area contributed by atoms with Gasteiger partial charge in [0.1, 0.15) is 0 Å². The maximum atomic E-state index is 11.6. The molecule has 4 nitrogen and oxygen atoms in total. The van der Waals surface area contributed by atoms with Gasteiger partial charge in [0.2, 0.25) is 0 Å². The van der Waals surface area contributed by atoms with Crippen LogP contribution < -0.4 is 10.6 Å². The molecule has 0 fully saturated rings. The van der Waals surface area contributed by atoms with Crippen molar-refractivity contribution < 1.29 is 4.79 Å². The molecule has 1 rings (SSSR count). The summed E-state index contributed by atoms with van der Waals surface area (Å²) < 4.78 is 0. The Morgan fingerprint density at radius 3 is 2.74 bits per heavy atom. The number of carbonyl (C=O) groups excluding carboxylic acids is 1. The summed E-state index contributed by atoms with van der Waals surface area (Å²) in [5.74, 6) is 0.222. The molecule has 0 bridgehead atoms. The number of carbonyl (C=O) groups is 1. The molecule has 0 aromatic heterocycles. The Hall–Kier alpha value is -2.02. The lowest BCUT2D eigenvalue weighted by Gasteiger charge is -2.14. The maximum Gasteiger partial charge on any atom is 0.319 e. The van der Waals surface area contributed by atoms with Crippen molar-refractivity contribution in [1.29, 1.82) is 5.26 Å². The minimum absolute atomic E-state index is 0.102. The number of amides is 2. The molecule has 0 aliphatic heterocycles. The number of benzene rings is 1. The first-order chi connectivity index (χ1) is 9.06. The van der Waals surface area contributed by atoms with Crippen LogP contribution in [0.1, 0.15) is 45.1 Å². The highest BCUT2D eigenvalue weighted by Crippen LogP contribution is 2.25. The zero-order valence-corrected chi connectivity index (χ0v) is 11.7. The molecule has 0 heterocycles. The predicted octanol–water partition coefficient (Wildman–Crippen LogP) is 3.62. The van der Waals surface area contributed by atoms with Gasteiger partial charge in [0, 0.05) is 18.2 Å². The van der Waals surface area contributed by atoms with Crippen molar-refractivity contribution in [2.45, 2.75) is 45.6 Å². The molecular formula is C15H21N3O. The molecule has 2 N–H and O–H groups in total. The van der Waals surface area contributed by atoms with Crippen LogP contribution >= 0.6 is 0 Å². The Morgan fingerprint density at radius 1 is 1.42 bits per heavy atom. The number of urea groups is 1. The monoisotopic (exact) mass is 259 g/mol. The van der Waals surface area contributed by atoms with Gasteiger partial charge in [-0.15, -0.1) is 0 Å². The smallest absolute Gasteiger partial charge is 0.319 e. The Kier molecular flexibility index (Phi) is 5.87. The largest absolute Gasteiger partial charge is 0.336 e. The fourth-order valence-corrected chi connectivity index (χ4v) is 1.91. The number of nitrogens with one attached hydrogen (secondary N) is 2. The summed E-state index contributed by atoms with van der Waals surface area (Å²) in [6, 6.07) is 9.78. The molecule has 4 heteroatoms. The van der Waals surface area contributed by atoms with Gasteiger partial charge >= 0.3 is 6.03 Å². The first-order valence-electron chi connectivity index (χ1n) is 6.61. The van der Waals surface area contributed by atoms with Crippen molar-refractivity contribution in [1.82, 2.24) is 5.32 Å². The van der Waals surface area contributed by atoms with E-state index in [1.54, 1.807) is 0 Å². The van der Waals surface area contributed by atoms with Crippen molar-refractivity contribution in [3.63, 3.8) is 0 Å². The second-order valence-corrected chi connectivity index (χ2v) is 4.85. The molecule has 0 radical (unpaired) electrons. The summed E-state index contributed by atoms with van der Waals surface area (Å²) in [6.07, 6.45) is 1.41. The Balaban J connectivity index is 2.77. The van der Waals surface area contributed by atoms with Crippen LogP contribution in [0.2, 0.25) is 0 Å². The van der Waals surface area contributed by atoms with Crippen molar-refractivity contribution in [3.8, 4) is 6.07 Å². The second-order valence-electron chi connectivity index (χ2n) is 4.85. The van der Waals surface area contributed by atoms with Crippen LogP contribution in [0, 0.1) is 11.3 Å². The SMILES string of the molecule is CCC(CC#N)c1cccc(NC(=O)NC(C)C)c1. The van der Waals surface area contributed by atoms with E-state index < -0.39 is 0 Å². The lowest BCUT2D eigenvalue weighted by molar-refractivity contribution is 0.250. The third-order valence-corrected chi connectivity index (χ3v) is 2.87. The van der Waals surface area contributed by atoms with E-state index in [4.69, 9.17) is 5.26 Å². The van der Waals surface area contributed by atoms with Gasteiger partial charge in [0.25, 0.3) is 0 Å². The topological polar surface area (TPSA) is 64.9 Å². The van der Waals surface area contributed by atoms with E-state index in [1.807, 2.05) is 38.1 Å². The molecule has 0 spiro atoms. The van der Waals surface area contributed by atoms with Crippen LogP contribution in [0.4, 0.5) is 10.5 Å². The molecule has 2 amide bonds. The van der Waals surface area contributed by atoms with Crippen molar-refractivity contribution >= 4 is 11.7 Å².